The van der Waals surface area contributed by atoms with Crippen LogP contribution in [0.4, 0.5) is 0 Å². The zero-order valence-electron chi connectivity index (χ0n) is 15.3. The van der Waals surface area contributed by atoms with Crippen molar-refractivity contribution in [3.63, 3.8) is 0 Å². The maximum Gasteiger partial charge on any atom is 0.308 e. The van der Waals surface area contributed by atoms with E-state index in [1.54, 1.807) is 33.5 Å². The Bertz CT molecular complexity index is 706. The standard InChI is InChI=1S/C17H23N3O6/c1-22-7-5-6-18-16(21)17-20-19-14(26-17)10-11-8-12(23-2)15(25-4)13(9-11)24-3/h8-9H,5-7,10H2,1-4H3,(H,18,21). The summed E-state index contributed by atoms with van der Waals surface area (Å²) < 4.78 is 26.3. The van der Waals surface area contributed by atoms with E-state index in [9.17, 15) is 4.79 Å². The average molecular weight is 365 g/mol. The molecule has 0 unspecified atom stereocenters. The van der Waals surface area contributed by atoms with E-state index in [0.717, 1.165) is 5.56 Å². The third-order valence-corrected chi connectivity index (χ3v) is 3.55. The van der Waals surface area contributed by atoms with Crippen molar-refractivity contribution >= 4 is 5.91 Å². The monoisotopic (exact) mass is 365 g/mol. The van der Waals surface area contributed by atoms with E-state index in [-0.39, 0.29) is 5.89 Å². The van der Waals surface area contributed by atoms with Crippen molar-refractivity contribution < 1.29 is 28.2 Å². The molecule has 2 rings (SSSR count). The third-order valence-electron chi connectivity index (χ3n) is 3.55. The Labute approximate surface area is 151 Å². The number of hydrogen-bond acceptors (Lipinski definition) is 8. The second-order valence-corrected chi connectivity index (χ2v) is 5.31. The first-order valence-corrected chi connectivity index (χ1v) is 8.01. The molecule has 0 radical (unpaired) electrons. The van der Waals surface area contributed by atoms with Crippen molar-refractivity contribution in [2.75, 3.05) is 41.6 Å². The molecule has 26 heavy (non-hydrogen) atoms. The maximum absolute atomic E-state index is 12.0. The minimum absolute atomic E-state index is 0.0788. The number of carbonyl (C=O) groups excluding carboxylic acids is 1. The number of methoxy groups -OCH3 is 4. The number of hydrogen-bond donors (Lipinski definition) is 1. The largest absolute Gasteiger partial charge is 0.493 e. The van der Waals surface area contributed by atoms with Crippen molar-refractivity contribution in [3.8, 4) is 17.2 Å². The number of carbonyl (C=O) groups is 1. The molecule has 1 amide bonds. The number of nitrogens with one attached hydrogen (secondary N) is 1. The molecule has 142 valence electrons. The van der Waals surface area contributed by atoms with E-state index in [4.69, 9.17) is 23.4 Å². The van der Waals surface area contributed by atoms with Gasteiger partial charge in [-0.15, -0.1) is 10.2 Å². The molecule has 9 nitrogen and oxygen atoms in total. The molecule has 0 fully saturated rings. The second kappa shape index (κ2) is 9.62. The molecular weight excluding hydrogens is 342 g/mol. The Morgan fingerprint density at radius 3 is 2.35 bits per heavy atom. The fraction of sp³-hybridized carbons (Fsp3) is 0.471. The van der Waals surface area contributed by atoms with E-state index in [0.29, 0.717) is 49.1 Å². The first-order chi connectivity index (χ1) is 12.6. The molecule has 0 aliphatic rings. The predicted octanol–water partition coefficient (Wildman–Crippen LogP) is 1.45. The van der Waals surface area contributed by atoms with Crippen LogP contribution < -0.4 is 19.5 Å². The van der Waals surface area contributed by atoms with Crippen molar-refractivity contribution in [1.82, 2.24) is 15.5 Å². The van der Waals surface area contributed by atoms with E-state index in [2.05, 4.69) is 15.5 Å². The molecule has 0 aliphatic carbocycles. The summed E-state index contributed by atoms with van der Waals surface area (Å²) in [5, 5.41) is 10.4. The van der Waals surface area contributed by atoms with Gasteiger partial charge in [-0.05, 0) is 24.1 Å². The van der Waals surface area contributed by atoms with Gasteiger partial charge in [0, 0.05) is 20.3 Å². The molecule has 1 heterocycles. The van der Waals surface area contributed by atoms with E-state index in [1.807, 2.05) is 0 Å². The summed E-state index contributed by atoms with van der Waals surface area (Å²) in [6.07, 6.45) is 1.02. The van der Waals surface area contributed by atoms with E-state index >= 15 is 0 Å². The SMILES string of the molecule is COCCCNC(=O)c1nnc(Cc2cc(OC)c(OC)c(OC)c2)o1. The Balaban J connectivity index is 2.07. The number of benzene rings is 1. The Hall–Kier alpha value is -2.81. The summed E-state index contributed by atoms with van der Waals surface area (Å²) in [5.41, 5.74) is 0.815. The molecule has 0 aliphatic heterocycles. The second-order valence-electron chi connectivity index (χ2n) is 5.31. The minimum atomic E-state index is -0.412. The molecule has 9 heteroatoms. The van der Waals surface area contributed by atoms with Gasteiger partial charge in [0.15, 0.2) is 11.5 Å². The first-order valence-electron chi connectivity index (χ1n) is 8.01. The fourth-order valence-electron chi connectivity index (χ4n) is 2.32. The van der Waals surface area contributed by atoms with Crippen LogP contribution in [-0.2, 0) is 11.2 Å². The molecule has 2 aromatic rings. The van der Waals surface area contributed by atoms with Crippen molar-refractivity contribution in [2.24, 2.45) is 0 Å². The summed E-state index contributed by atoms with van der Waals surface area (Å²) in [7, 11) is 6.23. The normalized spacial score (nSPS) is 10.5. The fourth-order valence-corrected chi connectivity index (χ4v) is 2.32. The van der Waals surface area contributed by atoms with Gasteiger partial charge in [0.2, 0.25) is 11.6 Å². The van der Waals surface area contributed by atoms with Crippen LogP contribution in [0.2, 0.25) is 0 Å². The Morgan fingerprint density at radius 1 is 1.08 bits per heavy atom. The Morgan fingerprint density at radius 2 is 1.77 bits per heavy atom. The highest BCUT2D eigenvalue weighted by atomic mass is 16.5. The number of rotatable bonds is 10. The molecule has 0 saturated carbocycles. The Kier molecular flexibility index (Phi) is 7.22. The zero-order chi connectivity index (χ0) is 18.9. The molecule has 0 saturated heterocycles. The van der Waals surface area contributed by atoms with Gasteiger partial charge in [0.25, 0.3) is 0 Å². The molecule has 0 spiro atoms. The number of amides is 1. The van der Waals surface area contributed by atoms with Gasteiger partial charge >= 0.3 is 11.8 Å². The smallest absolute Gasteiger partial charge is 0.308 e. The highest BCUT2D eigenvalue weighted by molar-refractivity contribution is 5.89. The molecule has 1 aromatic carbocycles. The third kappa shape index (κ3) is 4.85. The van der Waals surface area contributed by atoms with Crippen molar-refractivity contribution in [2.45, 2.75) is 12.8 Å². The highest BCUT2D eigenvalue weighted by Gasteiger charge is 2.17. The minimum Gasteiger partial charge on any atom is -0.493 e. The van der Waals surface area contributed by atoms with Gasteiger partial charge < -0.3 is 28.7 Å². The van der Waals surface area contributed by atoms with Crippen molar-refractivity contribution in [1.29, 1.82) is 0 Å². The summed E-state index contributed by atoms with van der Waals surface area (Å²) in [6, 6.07) is 3.58. The summed E-state index contributed by atoms with van der Waals surface area (Å²) >= 11 is 0. The van der Waals surface area contributed by atoms with Crippen LogP contribution in [0.5, 0.6) is 17.2 Å². The van der Waals surface area contributed by atoms with Crippen LogP contribution in [-0.4, -0.2) is 57.7 Å². The first kappa shape index (κ1) is 19.5. The van der Waals surface area contributed by atoms with Crippen LogP contribution >= 0.6 is 0 Å². The average Bonchev–Trinajstić information content (AvgIpc) is 3.12. The molecule has 1 N–H and O–H groups in total. The number of ether oxygens (including phenoxy) is 4. The summed E-state index contributed by atoms with van der Waals surface area (Å²) in [6.45, 7) is 1.04. The van der Waals surface area contributed by atoms with Crippen molar-refractivity contribution in [3.05, 3.63) is 29.5 Å². The highest BCUT2D eigenvalue weighted by Crippen LogP contribution is 2.38. The quantitative estimate of drug-likeness (QED) is 0.631. The van der Waals surface area contributed by atoms with E-state index in [1.165, 1.54) is 7.11 Å². The summed E-state index contributed by atoms with van der Waals surface area (Å²) in [5.74, 6) is 1.37. The number of aromatic nitrogens is 2. The van der Waals surface area contributed by atoms with Gasteiger partial charge in [0.05, 0.1) is 27.8 Å². The number of nitrogens with zero attached hydrogens (tertiary/aromatic N) is 2. The van der Waals surface area contributed by atoms with Crippen LogP contribution in [0, 0.1) is 0 Å². The zero-order valence-corrected chi connectivity index (χ0v) is 15.3. The lowest BCUT2D eigenvalue weighted by Gasteiger charge is -2.13. The molecule has 0 atom stereocenters. The van der Waals surface area contributed by atoms with Crippen LogP contribution in [0.15, 0.2) is 16.5 Å². The molecule has 0 bridgehead atoms. The predicted molar refractivity (Wildman–Crippen MR) is 92.0 cm³/mol. The van der Waals surface area contributed by atoms with Crippen LogP contribution in [0.3, 0.4) is 0 Å². The topological polar surface area (TPSA) is 105 Å². The van der Waals surface area contributed by atoms with Gasteiger partial charge in [-0.2, -0.15) is 0 Å². The van der Waals surface area contributed by atoms with Crippen LogP contribution in [0.1, 0.15) is 28.6 Å². The van der Waals surface area contributed by atoms with Crippen LogP contribution in [0.25, 0.3) is 0 Å². The van der Waals surface area contributed by atoms with E-state index < -0.39 is 5.91 Å². The molecular formula is C17H23N3O6. The lowest BCUT2D eigenvalue weighted by molar-refractivity contribution is 0.0912. The maximum atomic E-state index is 12.0. The molecule has 1 aromatic heterocycles. The van der Waals surface area contributed by atoms with Gasteiger partial charge in [-0.25, -0.2) is 0 Å². The summed E-state index contributed by atoms with van der Waals surface area (Å²) in [4.78, 5) is 12.0. The van der Waals surface area contributed by atoms with Gasteiger partial charge in [-0.3, -0.25) is 4.79 Å². The van der Waals surface area contributed by atoms with Gasteiger partial charge in [-0.1, -0.05) is 0 Å². The lowest BCUT2D eigenvalue weighted by Crippen LogP contribution is -2.25. The lowest BCUT2D eigenvalue weighted by atomic mass is 10.1. The van der Waals surface area contributed by atoms with Gasteiger partial charge in [0.1, 0.15) is 0 Å².